The highest BCUT2D eigenvalue weighted by molar-refractivity contribution is 5.41. The zero-order valence-electron chi connectivity index (χ0n) is 14.4. The van der Waals surface area contributed by atoms with Crippen molar-refractivity contribution in [2.45, 2.75) is 32.3 Å². The van der Waals surface area contributed by atoms with E-state index < -0.39 is 0 Å². The summed E-state index contributed by atoms with van der Waals surface area (Å²) in [6, 6.07) is 7.84. The normalized spacial score (nSPS) is 16.6. The molecule has 0 aliphatic carbocycles. The van der Waals surface area contributed by atoms with Gasteiger partial charge in [-0.15, -0.1) is 0 Å². The van der Waals surface area contributed by atoms with E-state index in [1.807, 2.05) is 24.3 Å². The largest absolute Gasteiger partial charge is 0.487 e. The first-order chi connectivity index (χ1) is 12.3. The number of benzene rings is 1. The van der Waals surface area contributed by atoms with Crippen LogP contribution in [0.25, 0.3) is 0 Å². The highest BCUT2D eigenvalue weighted by atomic mass is 16.5. The van der Waals surface area contributed by atoms with Gasteiger partial charge in [0.25, 0.3) is 5.56 Å². The van der Waals surface area contributed by atoms with Crippen molar-refractivity contribution in [3.63, 3.8) is 0 Å². The monoisotopic (exact) mass is 340 g/mol. The molecule has 6 heteroatoms. The second-order valence-corrected chi connectivity index (χ2v) is 6.74. The van der Waals surface area contributed by atoms with E-state index in [1.54, 1.807) is 0 Å². The molecule has 2 N–H and O–H groups in total. The van der Waals surface area contributed by atoms with Gasteiger partial charge in [-0.25, -0.2) is 4.98 Å². The number of anilines is 1. The van der Waals surface area contributed by atoms with E-state index in [0.717, 1.165) is 36.5 Å². The van der Waals surface area contributed by atoms with Gasteiger partial charge < -0.3 is 15.0 Å². The average molecular weight is 340 g/mol. The van der Waals surface area contributed by atoms with Gasteiger partial charge in [0.2, 0.25) is 5.95 Å². The molecule has 6 nitrogen and oxygen atoms in total. The van der Waals surface area contributed by atoms with Gasteiger partial charge in [0.05, 0.1) is 5.69 Å². The van der Waals surface area contributed by atoms with Crippen molar-refractivity contribution in [3.8, 4) is 5.75 Å². The zero-order valence-corrected chi connectivity index (χ0v) is 14.4. The predicted molar refractivity (Wildman–Crippen MR) is 97.2 cm³/mol. The Balaban J connectivity index is 1.42. The summed E-state index contributed by atoms with van der Waals surface area (Å²) < 4.78 is 5.83. The molecule has 4 rings (SSSR count). The maximum atomic E-state index is 12.5. The summed E-state index contributed by atoms with van der Waals surface area (Å²) in [6.07, 6.45) is 4.23. The van der Waals surface area contributed by atoms with Gasteiger partial charge in [0.1, 0.15) is 12.4 Å². The molecule has 1 aromatic carbocycles. The predicted octanol–water partition coefficient (Wildman–Crippen LogP) is 2.15. The van der Waals surface area contributed by atoms with E-state index in [1.165, 1.54) is 25.9 Å². The van der Waals surface area contributed by atoms with E-state index in [2.05, 4.69) is 20.2 Å². The Bertz CT molecular complexity index is 796. The number of fused-ring (bicyclic) bond motifs is 2. The second-order valence-electron chi connectivity index (χ2n) is 6.74. The Hall–Kier alpha value is -2.34. The molecule has 0 atom stereocenters. The Morgan fingerprint density at radius 1 is 1.24 bits per heavy atom. The number of ether oxygens (including phenoxy) is 1. The summed E-state index contributed by atoms with van der Waals surface area (Å²) >= 11 is 0. The number of nitrogens with zero attached hydrogens (tertiary/aromatic N) is 2. The van der Waals surface area contributed by atoms with Crippen molar-refractivity contribution < 1.29 is 4.74 Å². The van der Waals surface area contributed by atoms with Crippen molar-refractivity contribution in [3.05, 3.63) is 51.4 Å². The molecule has 1 fully saturated rings. The van der Waals surface area contributed by atoms with Crippen molar-refractivity contribution in [2.75, 3.05) is 31.5 Å². The molecule has 0 spiro atoms. The van der Waals surface area contributed by atoms with Crippen LogP contribution in [0.2, 0.25) is 0 Å². The summed E-state index contributed by atoms with van der Waals surface area (Å²) in [5.74, 6) is 1.37. The number of nitrogens with one attached hydrogen (secondary N) is 2. The van der Waals surface area contributed by atoms with Crippen LogP contribution in [0.1, 0.15) is 36.1 Å². The van der Waals surface area contributed by atoms with Gasteiger partial charge in [-0.2, -0.15) is 0 Å². The topological polar surface area (TPSA) is 70.2 Å². The molecule has 25 heavy (non-hydrogen) atoms. The van der Waals surface area contributed by atoms with Crippen LogP contribution in [0.15, 0.2) is 29.1 Å². The quantitative estimate of drug-likeness (QED) is 0.816. The smallest absolute Gasteiger partial charge is 0.256 e. The van der Waals surface area contributed by atoms with Gasteiger partial charge >= 0.3 is 0 Å². The fourth-order valence-corrected chi connectivity index (χ4v) is 3.57. The van der Waals surface area contributed by atoms with Crippen LogP contribution >= 0.6 is 0 Å². The van der Waals surface area contributed by atoms with E-state index in [-0.39, 0.29) is 5.56 Å². The maximum Gasteiger partial charge on any atom is 0.256 e. The zero-order chi connectivity index (χ0) is 17.1. The number of rotatable bonds is 5. The average Bonchev–Trinajstić information content (AvgIpc) is 3.06. The summed E-state index contributed by atoms with van der Waals surface area (Å²) in [5, 5.41) is 3.25. The van der Waals surface area contributed by atoms with E-state index in [0.29, 0.717) is 24.5 Å². The third-order valence-corrected chi connectivity index (χ3v) is 4.95. The van der Waals surface area contributed by atoms with Gasteiger partial charge in [-0.3, -0.25) is 9.78 Å². The molecule has 0 saturated carbocycles. The molecule has 0 bridgehead atoms. The van der Waals surface area contributed by atoms with Crippen molar-refractivity contribution in [1.29, 1.82) is 0 Å². The van der Waals surface area contributed by atoms with Crippen LogP contribution in [-0.4, -0.2) is 41.0 Å². The number of likely N-dealkylation sites (tertiary alicyclic amines) is 1. The molecular formula is C19H24N4O2. The Morgan fingerprint density at radius 3 is 2.96 bits per heavy atom. The summed E-state index contributed by atoms with van der Waals surface area (Å²) in [5.41, 5.74) is 2.38. The standard InChI is InChI=1S/C19H24N4O2/c24-18-15-12-14-6-1-2-7-17(14)25-13-16(15)21-19(22-18)20-8-5-11-23-9-3-4-10-23/h1-2,6-7H,3-5,8-13H2,(H2,20,21,22,24). The molecule has 3 heterocycles. The molecule has 2 aliphatic rings. The lowest BCUT2D eigenvalue weighted by Crippen LogP contribution is -2.24. The third-order valence-electron chi connectivity index (χ3n) is 4.95. The van der Waals surface area contributed by atoms with Crippen molar-refractivity contribution in [2.24, 2.45) is 0 Å². The molecule has 1 saturated heterocycles. The second kappa shape index (κ2) is 7.27. The lowest BCUT2D eigenvalue weighted by molar-refractivity contribution is 0.302. The van der Waals surface area contributed by atoms with Crippen molar-refractivity contribution in [1.82, 2.24) is 14.9 Å². The lowest BCUT2D eigenvalue weighted by atomic mass is 10.1. The number of aromatic amines is 1. The first-order valence-electron chi connectivity index (χ1n) is 9.08. The molecule has 0 unspecified atom stereocenters. The lowest BCUT2D eigenvalue weighted by Gasteiger charge is -2.14. The highest BCUT2D eigenvalue weighted by Crippen LogP contribution is 2.25. The molecule has 0 radical (unpaired) electrons. The van der Waals surface area contributed by atoms with Crippen LogP contribution in [0.5, 0.6) is 5.75 Å². The highest BCUT2D eigenvalue weighted by Gasteiger charge is 2.19. The number of aromatic nitrogens is 2. The summed E-state index contributed by atoms with van der Waals surface area (Å²) in [7, 11) is 0. The maximum absolute atomic E-state index is 12.5. The number of H-pyrrole nitrogens is 1. The fourth-order valence-electron chi connectivity index (χ4n) is 3.57. The molecule has 2 aliphatic heterocycles. The number of hydrogen-bond donors (Lipinski definition) is 2. The molecule has 1 aromatic heterocycles. The minimum absolute atomic E-state index is 0.0765. The summed E-state index contributed by atoms with van der Waals surface area (Å²) in [4.78, 5) is 22.4. The Kier molecular flexibility index (Phi) is 4.70. The Labute approximate surface area is 147 Å². The number of hydrogen-bond acceptors (Lipinski definition) is 5. The van der Waals surface area contributed by atoms with Gasteiger partial charge in [0.15, 0.2) is 0 Å². The first-order valence-corrected chi connectivity index (χ1v) is 9.08. The van der Waals surface area contributed by atoms with E-state index >= 15 is 0 Å². The molecule has 2 aromatic rings. The van der Waals surface area contributed by atoms with Crippen LogP contribution in [0, 0.1) is 0 Å². The van der Waals surface area contributed by atoms with Crippen LogP contribution < -0.4 is 15.6 Å². The minimum Gasteiger partial charge on any atom is -0.487 e. The SMILES string of the molecule is O=c1[nH]c(NCCCN2CCCC2)nc2c1Cc1ccccc1OC2. The fraction of sp³-hybridized carbons (Fsp3) is 0.474. The van der Waals surface area contributed by atoms with E-state index in [4.69, 9.17) is 4.74 Å². The molecule has 132 valence electrons. The first kappa shape index (κ1) is 16.1. The third kappa shape index (κ3) is 3.69. The van der Waals surface area contributed by atoms with Gasteiger partial charge in [-0.1, -0.05) is 18.2 Å². The Morgan fingerprint density at radius 2 is 2.08 bits per heavy atom. The molecule has 0 amide bonds. The van der Waals surface area contributed by atoms with Crippen LogP contribution in [-0.2, 0) is 13.0 Å². The van der Waals surface area contributed by atoms with Gasteiger partial charge in [-0.05, 0) is 50.5 Å². The molecular weight excluding hydrogens is 316 g/mol. The van der Waals surface area contributed by atoms with E-state index in [9.17, 15) is 4.79 Å². The summed E-state index contributed by atoms with van der Waals surface area (Å²) in [6.45, 7) is 4.66. The van der Waals surface area contributed by atoms with Crippen LogP contribution in [0.4, 0.5) is 5.95 Å². The van der Waals surface area contributed by atoms with Gasteiger partial charge in [0, 0.05) is 18.5 Å². The number of para-hydroxylation sites is 1. The van der Waals surface area contributed by atoms with Crippen molar-refractivity contribution >= 4 is 5.95 Å². The minimum atomic E-state index is -0.0765. The van der Waals surface area contributed by atoms with Crippen LogP contribution in [0.3, 0.4) is 0 Å².